The second-order valence-corrected chi connectivity index (χ2v) is 5.79. The van der Waals surface area contributed by atoms with Crippen LogP contribution in [0, 0.1) is 5.92 Å². The minimum Gasteiger partial charge on any atom is -0.480 e. The second kappa shape index (κ2) is 8.45. The van der Waals surface area contributed by atoms with Crippen molar-refractivity contribution >= 4 is 11.9 Å². The minimum atomic E-state index is -0.989. The van der Waals surface area contributed by atoms with Crippen LogP contribution < -0.4 is 5.32 Å². The van der Waals surface area contributed by atoms with Crippen LogP contribution in [-0.4, -0.2) is 23.0 Å². The van der Waals surface area contributed by atoms with E-state index in [-0.39, 0.29) is 11.8 Å². The summed E-state index contributed by atoms with van der Waals surface area (Å²) in [6.45, 7) is 6.01. The minimum absolute atomic E-state index is 0.211. The van der Waals surface area contributed by atoms with Crippen LogP contribution in [0.15, 0.2) is 24.3 Å². The van der Waals surface area contributed by atoms with Crippen molar-refractivity contribution in [3.05, 3.63) is 35.4 Å². The third-order valence-corrected chi connectivity index (χ3v) is 3.35. The summed E-state index contributed by atoms with van der Waals surface area (Å²) < 4.78 is 0. The fourth-order valence-electron chi connectivity index (χ4n) is 2.14. The molecular weight excluding hydrogens is 266 g/mol. The number of aliphatic carboxylic acids is 1. The Labute approximate surface area is 126 Å². The Balaban J connectivity index is 2.67. The van der Waals surface area contributed by atoms with Crippen molar-refractivity contribution in [2.24, 2.45) is 5.92 Å². The Morgan fingerprint density at radius 3 is 2.29 bits per heavy atom. The number of hydrogen-bond acceptors (Lipinski definition) is 2. The number of rotatable bonds is 8. The van der Waals surface area contributed by atoms with Gasteiger partial charge in [0.25, 0.3) is 5.91 Å². The Bertz CT molecular complexity index is 465. The Kier molecular flexibility index (Phi) is 6.92. The van der Waals surface area contributed by atoms with Gasteiger partial charge in [0, 0.05) is 5.56 Å². The summed E-state index contributed by atoms with van der Waals surface area (Å²) in [6, 6.07) is 6.55. The topological polar surface area (TPSA) is 66.4 Å². The van der Waals surface area contributed by atoms with Crippen molar-refractivity contribution in [1.29, 1.82) is 0 Å². The van der Waals surface area contributed by atoms with Crippen molar-refractivity contribution in [3.63, 3.8) is 0 Å². The first-order chi connectivity index (χ1) is 9.93. The van der Waals surface area contributed by atoms with Gasteiger partial charge in [-0.3, -0.25) is 4.79 Å². The molecule has 0 aliphatic rings. The molecule has 1 rings (SSSR count). The van der Waals surface area contributed by atoms with E-state index in [0.717, 1.165) is 19.3 Å². The summed E-state index contributed by atoms with van der Waals surface area (Å²) in [5.41, 5.74) is 1.70. The van der Waals surface area contributed by atoms with Crippen LogP contribution in [0.3, 0.4) is 0 Å². The maximum atomic E-state index is 12.1. The van der Waals surface area contributed by atoms with Crippen LogP contribution in [0.1, 0.15) is 56.0 Å². The van der Waals surface area contributed by atoms with Crippen molar-refractivity contribution < 1.29 is 14.7 Å². The van der Waals surface area contributed by atoms with E-state index in [2.05, 4.69) is 12.2 Å². The van der Waals surface area contributed by atoms with Crippen LogP contribution in [0.2, 0.25) is 0 Å². The quantitative estimate of drug-likeness (QED) is 0.772. The molecule has 0 radical (unpaired) electrons. The fourth-order valence-corrected chi connectivity index (χ4v) is 2.14. The zero-order chi connectivity index (χ0) is 15.8. The van der Waals surface area contributed by atoms with E-state index >= 15 is 0 Å². The molecule has 0 saturated carbocycles. The molecule has 21 heavy (non-hydrogen) atoms. The number of carbonyl (C=O) groups is 2. The van der Waals surface area contributed by atoms with Crippen molar-refractivity contribution in [3.8, 4) is 0 Å². The third-order valence-electron chi connectivity index (χ3n) is 3.35. The lowest BCUT2D eigenvalue weighted by Gasteiger charge is -2.16. The molecule has 116 valence electrons. The maximum Gasteiger partial charge on any atom is 0.326 e. The van der Waals surface area contributed by atoms with E-state index in [1.54, 1.807) is 12.1 Å². The van der Waals surface area contributed by atoms with Crippen molar-refractivity contribution in [1.82, 2.24) is 5.32 Å². The van der Waals surface area contributed by atoms with Gasteiger partial charge >= 0.3 is 5.97 Å². The van der Waals surface area contributed by atoms with Crippen LogP contribution in [0.25, 0.3) is 0 Å². The highest BCUT2D eigenvalue weighted by Gasteiger charge is 2.21. The molecule has 0 fully saturated rings. The van der Waals surface area contributed by atoms with Gasteiger partial charge in [-0.15, -0.1) is 0 Å². The highest BCUT2D eigenvalue weighted by atomic mass is 16.4. The average molecular weight is 291 g/mol. The van der Waals surface area contributed by atoms with E-state index < -0.39 is 12.0 Å². The molecule has 1 amide bonds. The zero-order valence-electron chi connectivity index (χ0n) is 13.1. The van der Waals surface area contributed by atoms with Gasteiger partial charge in [-0.1, -0.05) is 39.3 Å². The van der Waals surface area contributed by atoms with Gasteiger partial charge in [0.15, 0.2) is 0 Å². The predicted molar refractivity (Wildman–Crippen MR) is 83.4 cm³/mol. The molecule has 4 heteroatoms. The van der Waals surface area contributed by atoms with E-state index in [1.165, 1.54) is 5.56 Å². The first kappa shape index (κ1) is 17.2. The summed E-state index contributed by atoms with van der Waals surface area (Å²) in [5.74, 6) is -1.11. The summed E-state index contributed by atoms with van der Waals surface area (Å²) in [5, 5.41) is 11.7. The summed E-state index contributed by atoms with van der Waals surface area (Å²) >= 11 is 0. The third kappa shape index (κ3) is 5.98. The average Bonchev–Trinajstić information content (AvgIpc) is 2.44. The van der Waals surface area contributed by atoms with Crippen LogP contribution in [0.5, 0.6) is 0 Å². The first-order valence-electron chi connectivity index (χ1n) is 7.56. The fraction of sp³-hybridized carbons (Fsp3) is 0.529. The molecule has 4 nitrogen and oxygen atoms in total. The summed E-state index contributed by atoms with van der Waals surface area (Å²) in [7, 11) is 0. The molecular formula is C17H25NO3. The molecule has 0 aliphatic heterocycles. The molecule has 0 spiro atoms. The van der Waals surface area contributed by atoms with Gasteiger partial charge in [0.05, 0.1) is 0 Å². The van der Waals surface area contributed by atoms with Gasteiger partial charge in [0.1, 0.15) is 6.04 Å². The molecule has 0 bridgehead atoms. The first-order valence-corrected chi connectivity index (χ1v) is 7.56. The molecule has 2 N–H and O–H groups in total. The molecule has 0 aromatic heterocycles. The number of carboxylic acid groups (broad SMARTS) is 1. The smallest absolute Gasteiger partial charge is 0.326 e. The predicted octanol–water partition coefficient (Wildman–Crippen LogP) is 3.26. The number of hydrogen-bond donors (Lipinski definition) is 2. The molecule has 0 heterocycles. The lowest BCUT2D eigenvalue weighted by atomic mass is 10.0. The highest BCUT2D eigenvalue weighted by Crippen LogP contribution is 2.10. The number of carboxylic acids is 1. The SMILES string of the molecule is CCCCc1ccc(C(=O)N[C@H](CC(C)C)C(=O)O)cc1. The lowest BCUT2D eigenvalue weighted by molar-refractivity contribution is -0.139. The van der Waals surface area contributed by atoms with Crippen LogP contribution >= 0.6 is 0 Å². The van der Waals surface area contributed by atoms with E-state index in [0.29, 0.717) is 12.0 Å². The molecule has 1 aromatic carbocycles. The molecule has 1 aromatic rings. The van der Waals surface area contributed by atoms with Gasteiger partial charge in [-0.25, -0.2) is 4.79 Å². The standard InChI is InChI=1S/C17H25NO3/c1-4-5-6-13-7-9-14(10-8-13)16(19)18-15(17(20)21)11-12(2)3/h7-10,12,15H,4-6,11H2,1-3H3,(H,18,19)(H,20,21)/t15-/m1/s1. The summed E-state index contributed by atoms with van der Waals surface area (Å²) in [4.78, 5) is 23.3. The zero-order valence-corrected chi connectivity index (χ0v) is 13.1. The van der Waals surface area contributed by atoms with E-state index in [9.17, 15) is 9.59 Å². The highest BCUT2D eigenvalue weighted by molar-refractivity contribution is 5.96. The number of benzene rings is 1. The normalized spacial score (nSPS) is 12.2. The Morgan fingerprint density at radius 2 is 1.81 bits per heavy atom. The number of unbranched alkanes of at least 4 members (excludes halogenated alkanes) is 1. The monoisotopic (exact) mass is 291 g/mol. The number of amides is 1. The van der Waals surface area contributed by atoms with Gasteiger partial charge < -0.3 is 10.4 Å². The number of nitrogens with one attached hydrogen (secondary N) is 1. The second-order valence-electron chi connectivity index (χ2n) is 5.79. The van der Waals surface area contributed by atoms with Crippen LogP contribution in [0.4, 0.5) is 0 Å². The van der Waals surface area contributed by atoms with E-state index in [1.807, 2.05) is 26.0 Å². The molecule has 0 unspecified atom stereocenters. The maximum absolute atomic E-state index is 12.1. The molecule has 1 atom stereocenters. The van der Waals surface area contributed by atoms with Crippen molar-refractivity contribution in [2.75, 3.05) is 0 Å². The lowest BCUT2D eigenvalue weighted by Crippen LogP contribution is -2.41. The van der Waals surface area contributed by atoms with E-state index in [4.69, 9.17) is 5.11 Å². The van der Waals surface area contributed by atoms with Gasteiger partial charge in [-0.2, -0.15) is 0 Å². The number of aryl methyl sites for hydroxylation is 1. The number of carbonyl (C=O) groups excluding carboxylic acids is 1. The Hall–Kier alpha value is -1.84. The Morgan fingerprint density at radius 1 is 1.19 bits per heavy atom. The van der Waals surface area contributed by atoms with Crippen LogP contribution in [-0.2, 0) is 11.2 Å². The molecule has 0 saturated heterocycles. The van der Waals surface area contributed by atoms with Crippen molar-refractivity contribution in [2.45, 2.75) is 52.5 Å². The molecule has 0 aliphatic carbocycles. The summed E-state index contributed by atoms with van der Waals surface area (Å²) in [6.07, 6.45) is 3.69. The van der Waals surface area contributed by atoms with Gasteiger partial charge in [0.2, 0.25) is 0 Å². The largest absolute Gasteiger partial charge is 0.480 e. The van der Waals surface area contributed by atoms with Gasteiger partial charge in [-0.05, 0) is 42.9 Å².